The molecule has 0 aliphatic heterocycles. The lowest BCUT2D eigenvalue weighted by Gasteiger charge is -2.09. The highest BCUT2D eigenvalue weighted by Crippen LogP contribution is 2.17. The normalized spacial score (nSPS) is 11.3. The van der Waals surface area contributed by atoms with Crippen LogP contribution in [0.2, 0.25) is 0 Å². The van der Waals surface area contributed by atoms with E-state index < -0.39 is 10.0 Å². The van der Waals surface area contributed by atoms with E-state index in [2.05, 4.69) is 9.71 Å². The molecule has 0 saturated carbocycles. The zero-order chi connectivity index (χ0) is 14.0. The molecule has 19 heavy (non-hydrogen) atoms. The molecule has 2 N–H and O–H groups in total. The summed E-state index contributed by atoms with van der Waals surface area (Å²) in [6.45, 7) is 3.77. The minimum atomic E-state index is -3.64. The fraction of sp³-hybridized carbons (Fsp3) is 0.154. The van der Waals surface area contributed by atoms with Crippen LogP contribution in [0.5, 0.6) is 0 Å². The summed E-state index contributed by atoms with van der Waals surface area (Å²) in [4.78, 5) is 13.5. The van der Waals surface area contributed by atoms with Gasteiger partial charge < -0.3 is 4.98 Å². The van der Waals surface area contributed by atoms with Gasteiger partial charge in [-0.15, -0.1) is 0 Å². The molecule has 0 saturated heterocycles. The summed E-state index contributed by atoms with van der Waals surface area (Å²) in [7, 11) is -3.64. The Balaban J connectivity index is 2.34. The molecule has 0 aliphatic rings. The fourth-order valence-corrected chi connectivity index (χ4v) is 2.70. The third-order valence-corrected chi connectivity index (χ3v) is 4.20. The number of nitrogens with one attached hydrogen (secondary N) is 2. The summed E-state index contributed by atoms with van der Waals surface area (Å²) in [6.07, 6.45) is 1.32. The summed E-state index contributed by atoms with van der Waals surface area (Å²) >= 11 is 0. The highest BCUT2D eigenvalue weighted by Gasteiger charge is 2.14. The van der Waals surface area contributed by atoms with Crippen molar-refractivity contribution >= 4 is 15.7 Å². The molecule has 1 aromatic carbocycles. The van der Waals surface area contributed by atoms with Crippen molar-refractivity contribution in [2.45, 2.75) is 18.7 Å². The van der Waals surface area contributed by atoms with Gasteiger partial charge in [0.25, 0.3) is 10.0 Å². The fourth-order valence-electron chi connectivity index (χ4n) is 1.57. The number of aryl methyl sites for hydroxylation is 2. The number of sulfonamides is 1. The SMILES string of the molecule is Cc1ccc(S(=O)(=O)Nc2ccc(=O)[nH]c2)cc1C. The lowest BCUT2D eigenvalue weighted by atomic mass is 10.1. The van der Waals surface area contributed by atoms with Crippen LogP contribution in [-0.4, -0.2) is 13.4 Å². The largest absolute Gasteiger partial charge is 0.327 e. The summed E-state index contributed by atoms with van der Waals surface area (Å²) in [5, 5.41) is 0. The van der Waals surface area contributed by atoms with Crippen molar-refractivity contribution in [3.05, 3.63) is 58.0 Å². The Kier molecular flexibility index (Phi) is 3.44. The molecular formula is C13H14N2O3S. The number of anilines is 1. The predicted octanol–water partition coefficient (Wildman–Crippen LogP) is 1.79. The maximum absolute atomic E-state index is 12.1. The molecule has 0 fully saturated rings. The van der Waals surface area contributed by atoms with Crippen LogP contribution in [0.3, 0.4) is 0 Å². The average Bonchev–Trinajstić information content (AvgIpc) is 2.35. The van der Waals surface area contributed by atoms with E-state index in [0.717, 1.165) is 11.1 Å². The number of pyridine rings is 1. The average molecular weight is 278 g/mol. The van der Waals surface area contributed by atoms with E-state index in [0.29, 0.717) is 5.69 Å². The van der Waals surface area contributed by atoms with E-state index in [4.69, 9.17) is 0 Å². The van der Waals surface area contributed by atoms with Crippen LogP contribution in [0, 0.1) is 13.8 Å². The van der Waals surface area contributed by atoms with Crippen LogP contribution in [0.25, 0.3) is 0 Å². The van der Waals surface area contributed by atoms with Crippen LogP contribution in [0.1, 0.15) is 11.1 Å². The van der Waals surface area contributed by atoms with Crippen molar-refractivity contribution in [2.75, 3.05) is 4.72 Å². The summed E-state index contributed by atoms with van der Waals surface area (Å²) in [5.74, 6) is 0. The second kappa shape index (κ2) is 4.89. The van der Waals surface area contributed by atoms with Gasteiger partial charge in [0.2, 0.25) is 5.56 Å². The van der Waals surface area contributed by atoms with Crippen molar-refractivity contribution in [3.63, 3.8) is 0 Å². The second-order valence-corrected chi connectivity index (χ2v) is 5.98. The molecule has 1 aromatic heterocycles. The molecule has 0 radical (unpaired) electrons. The molecule has 0 bridgehead atoms. The van der Waals surface area contributed by atoms with E-state index >= 15 is 0 Å². The van der Waals surface area contributed by atoms with Crippen LogP contribution in [0.4, 0.5) is 5.69 Å². The first-order valence-corrected chi connectivity index (χ1v) is 7.15. The van der Waals surface area contributed by atoms with Crippen molar-refractivity contribution in [1.29, 1.82) is 0 Å². The second-order valence-electron chi connectivity index (χ2n) is 4.29. The van der Waals surface area contributed by atoms with Gasteiger partial charge in [-0.25, -0.2) is 8.42 Å². The Morgan fingerprint density at radius 1 is 1.05 bits per heavy atom. The van der Waals surface area contributed by atoms with Crippen molar-refractivity contribution in [2.24, 2.45) is 0 Å². The smallest absolute Gasteiger partial charge is 0.261 e. The first kappa shape index (κ1) is 13.4. The monoisotopic (exact) mass is 278 g/mol. The number of rotatable bonds is 3. The maximum atomic E-state index is 12.1. The topological polar surface area (TPSA) is 79.0 Å². The first-order chi connectivity index (χ1) is 8.88. The third kappa shape index (κ3) is 3.03. The van der Waals surface area contributed by atoms with Gasteiger partial charge in [0, 0.05) is 12.3 Å². The van der Waals surface area contributed by atoms with Crippen molar-refractivity contribution in [1.82, 2.24) is 4.98 Å². The molecule has 2 aromatic rings. The Hall–Kier alpha value is -2.08. The molecule has 2 rings (SSSR count). The zero-order valence-corrected chi connectivity index (χ0v) is 11.4. The number of H-pyrrole nitrogens is 1. The molecule has 100 valence electrons. The van der Waals surface area contributed by atoms with Crippen molar-refractivity contribution < 1.29 is 8.42 Å². The van der Waals surface area contributed by atoms with Crippen LogP contribution >= 0.6 is 0 Å². The number of aromatic amines is 1. The van der Waals surface area contributed by atoms with E-state index in [1.165, 1.54) is 18.3 Å². The number of benzene rings is 1. The van der Waals surface area contributed by atoms with Gasteiger partial charge in [-0.05, 0) is 43.2 Å². The summed E-state index contributed by atoms with van der Waals surface area (Å²) in [6, 6.07) is 7.60. The Bertz CT molecular complexity index is 743. The van der Waals surface area contributed by atoms with Crippen LogP contribution in [-0.2, 0) is 10.0 Å². The number of aromatic nitrogens is 1. The van der Waals surface area contributed by atoms with E-state index in [1.807, 2.05) is 13.8 Å². The molecular weight excluding hydrogens is 264 g/mol. The molecule has 5 nitrogen and oxygen atoms in total. The van der Waals surface area contributed by atoms with Gasteiger partial charge in [-0.2, -0.15) is 0 Å². The number of hydrogen-bond donors (Lipinski definition) is 2. The molecule has 0 amide bonds. The minimum absolute atomic E-state index is 0.196. The van der Waals surface area contributed by atoms with Crippen LogP contribution in [0.15, 0.2) is 46.2 Å². The minimum Gasteiger partial charge on any atom is -0.327 e. The Morgan fingerprint density at radius 3 is 2.37 bits per heavy atom. The predicted molar refractivity (Wildman–Crippen MR) is 73.8 cm³/mol. The van der Waals surface area contributed by atoms with Gasteiger partial charge in [0.05, 0.1) is 10.6 Å². The molecule has 0 atom stereocenters. The third-order valence-electron chi connectivity index (χ3n) is 2.83. The highest BCUT2D eigenvalue weighted by molar-refractivity contribution is 7.92. The Labute approximate surface area is 111 Å². The lowest BCUT2D eigenvalue weighted by molar-refractivity contribution is 0.601. The molecule has 0 aliphatic carbocycles. The highest BCUT2D eigenvalue weighted by atomic mass is 32.2. The molecule has 0 spiro atoms. The number of hydrogen-bond acceptors (Lipinski definition) is 3. The zero-order valence-electron chi connectivity index (χ0n) is 10.6. The molecule has 6 heteroatoms. The maximum Gasteiger partial charge on any atom is 0.261 e. The van der Waals surface area contributed by atoms with Gasteiger partial charge in [0.15, 0.2) is 0 Å². The Morgan fingerprint density at radius 2 is 1.79 bits per heavy atom. The first-order valence-electron chi connectivity index (χ1n) is 5.67. The van der Waals surface area contributed by atoms with E-state index in [-0.39, 0.29) is 10.5 Å². The van der Waals surface area contributed by atoms with Crippen molar-refractivity contribution in [3.8, 4) is 0 Å². The van der Waals surface area contributed by atoms with Gasteiger partial charge in [-0.1, -0.05) is 6.07 Å². The van der Waals surface area contributed by atoms with E-state index in [9.17, 15) is 13.2 Å². The molecule has 1 heterocycles. The standard InChI is InChI=1S/C13H14N2O3S/c1-9-3-5-12(7-10(9)2)19(17,18)15-11-4-6-13(16)14-8-11/h3-8,15H,1-2H3,(H,14,16). The quantitative estimate of drug-likeness (QED) is 0.898. The van der Waals surface area contributed by atoms with Gasteiger partial charge in [-0.3, -0.25) is 9.52 Å². The summed E-state index contributed by atoms with van der Waals surface area (Å²) < 4.78 is 26.7. The lowest BCUT2D eigenvalue weighted by Crippen LogP contribution is -2.14. The summed E-state index contributed by atoms with van der Waals surface area (Å²) in [5.41, 5.74) is 1.97. The van der Waals surface area contributed by atoms with Gasteiger partial charge in [0.1, 0.15) is 0 Å². The van der Waals surface area contributed by atoms with E-state index in [1.54, 1.807) is 18.2 Å². The van der Waals surface area contributed by atoms with Crippen LogP contribution < -0.4 is 10.3 Å². The van der Waals surface area contributed by atoms with Gasteiger partial charge >= 0.3 is 0 Å². The molecule has 0 unspecified atom stereocenters.